The molecule has 0 radical (unpaired) electrons. The molecule has 0 amide bonds. The largest absolute Gasteiger partial charge is 0.464 e. The molecule has 5 heteroatoms. The number of carbonyl (C=O) groups excluding carboxylic acids is 1. The van der Waals surface area contributed by atoms with Crippen LogP contribution in [0.2, 0.25) is 0 Å². The highest BCUT2D eigenvalue weighted by Gasteiger charge is 2.65. The van der Waals surface area contributed by atoms with Crippen molar-refractivity contribution in [3.8, 4) is 0 Å². The molecule has 2 saturated heterocycles. The topological polar surface area (TPSA) is 57.3 Å². The highest BCUT2D eigenvalue weighted by atomic mass is 16.8. The number of carbonyl (C=O) groups is 1. The number of ether oxygens (including phenoxy) is 4. The molecule has 92 valence electrons. The molecule has 0 bridgehead atoms. The molecule has 0 aromatic carbocycles. The first kappa shape index (κ1) is 11.8. The van der Waals surface area contributed by atoms with E-state index in [1.807, 2.05) is 13.8 Å². The van der Waals surface area contributed by atoms with E-state index < -0.39 is 11.4 Å². The Morgan fingerprint density at radius 2 is 2.06 bits per heavy atom. The van der Waals surface area contributed by atoms with Crippen LogP contribution in [-0.4, -0.2) is 42.8 Å². The minimum absolute atomic E-state index is 0.190. The van der Waals surface area contributed by atoms with Gasteiger partial charge in [-0.15, -0.1) is 0 Å². The second-order valence-corrected chi connectivity index (χ2v) is 4.73. The lowest BCUT2D eigenvalue weighted by atomic mass is 10.0. The predicted octanol–water partition coefficient (Wildman–Crippen LogP) is 0.858. The fourth-order valence-corrected chi connectivity index (χ4v) is 1.96. The molecule has 0 aromatic rings. The SMILES string of the molecule is CCOC(=O)C1(C)OC1[C@H]1COC(C)(C)O1. The molecule has 0 spiro atoms. The van der Waals surface area contributed by atoms with Crippen LogP contribution >= 0.6 is 0 Å². The van der Waals surface area contributed by atoms with Crippen LogP contribution in [0.5, 0.6) is 0 Å². The van der Waals surface area contributed by atoms with Crippen LogP contribution in [0.1, 0.15) is 27.7 Å². The molecule has 2 rings (SSSR count). The lowest BCUT2D eigenvalue weighted by Gasteiger charge is -2.16. The van der Waals surface area contributed by atoms with Crippen LogP contribution < -0.4 is 0 Å². The Morgan fingerprint density at radius 3 is 2.56 bits per heavy atom. The zero-order chi connectivity index (χ0) is 12.0. The van der Waals surface area contributed by atoms with Crippen molar-refractivity contribution in [2.24, 2.45) is 0 Å². The number of hydrogen-bond acceptors (Lipinski definition) is 5. The molecule has 3 atom stereocenters. The molecule has 2 unspecified atom stereocenters. The van der Waals surface area contributed by atoms with Crippen molar-refractivity contribution in [2.75, 3.05) is 13.2 Å². The van der Waals surface area contributed by atoms with Gasteiger partial charge in [0.2, 0.25) is 0 Å². The molecule has 0 N–H and O–H groups in total. The van der Waals surface area contributed by atoms with Gasteiger partial charge in [-0.05, 0) is 27.7 Å². The van der Waals surface area contributed by atoms with E-state index in [2.05, 4.69) is 0 Å². The van der Waals surface area contributed by atoms with E-state index in [-0.39, 0.29) is 18.2 Å². The third kappa shape index (κ3) is 1.95. The van der Waals surface area contributed by atoms with Gasteiger partial charge in [0.05, 0.1) is 13.2 Å². The lowest BCUT2D eigenvalue weighted by Crippen LogP contribution is -2.33. The molecule has 16 heavy (non-hydrogen) atoms. The average molecular weight is 230 g/mol. The Kier molecular flexibility index (Phi) is 2.72. The normalized spacial score (nSPS) is 40.8. The molecule has 5 nitrogen and oxygen atoms in total. The van der Waals surface area contributed by atoms with Gasteiger partial charge in [0.15, 0.2) is 11.4 Å². The van der Waals surface area contributed by atoms with Crippen molar-refractivity contribution in [1.29, 1.82) is 0 Å². The highest BCUT2D eigenvalue weighted by molar-refractivity contribution is 5.83. The van der Waals surface area contributed by atoms with Gasteiger partial charge in [-0.1, -0.05) is 0 Å². The van der Waals surface area contributed by atoms with Gasteiger partial charge >= 0.3 is 5.97 Å². The third-order valence-corrected chi connectivity index (χ3v) is 2.91. The summed E-state index contributed by atoms with van der Waals surface area (Å²) >= 11 is 0. The Hall–Kier alpha value is -0.650. The standard InChI is InChI=1S/C11H18O5/c1-5-13-9(12)11(4)8(16-11)7-6-14-10(2,3)15-7/h7-8H,5-6H2,1-4H3/t7-,8?,11?/m1/s1. The number of hydrogen-bond donors (Lipinski definition) is 0. The van der Waals surface area contributed by atoms with Crippen LogP contribution in [0, 0.1) is 0 Å². The fourth-order valence-electron chi connectivity index (χ4n) is 1.96. The zero-order valence-electron chi connectivity index (χ0n) is 10.1. The highest BCUT2D eigenvalue weighted by Crippen LogP contribution is 2.43. The minimum Gasteiger partial charge on any atom is -0.464 e. The third-order valence-electron chi connectivity index (χ3n) is 2.91. The van der Waals surface area contributed by atoms with Gasteiger partial charge in [0, 0.05) is 0 Å². The van der Waals surface area contributed by atoms with Crippen LogP contribution in [-0.2, 0) is 23.7 Å². The molecule has 2 heterocycles. The maximum atomic E-state index is 11.6. The van der Waals surface area contributed by atoms with Crippen molar-refractivity contribution >= 4 is 5.97 Å². The summed E-state index contributed by atoms with van der Waals surface area (Å²) in [7, 11) is 0. The molecule has 0 saturated carbocycles. The Labute approximate surface area is 95.0 Å². The number of esters is 1. The molecular formula is C11H18O5. The summed E-state index contributed by atoms with van der Waals surface area (Å²) in [5.41, 5.74) is -0.857. The maximum absolute atomic E-state index is 11.6. The van der Waals surface area contributed by atoms with Crippen molar-refractivity contribution in [2.45, 2.75) is 51.3 Å². The van der Waals surface area contributed by atoms with Gasteiger partial charge in [-0.2, -0.15) is 0 Å². The summed E-state index contributed by atoms with van der Waals surface area (Å²) in [6, 6.07) is 0. The van der Waals surface area contributed by atoms with Crippen LogP contribution in [0.15, 0.2) is 0 Å². The summed E-state index contributed by atoms with van der Waals surface area (Å²) in [5, 5.41) is 0. The van der Waals surface area contributed by atoms with Crippen LogP contribution in [0.3, 0.4) is 0 Å². The van der Waals surface area contributed by atoms with Gasteiger partial charge < -0.3 is 18.9 Å². The smallest absolute Gasteiger partial charge is 0.340 e. The predicted molar refractivity (Wildman–Crippen MR) is 54.8 cm³/mol. The quantitative estimate of drug-likeness (QED) is 0.531. The summed E-state index contributed by atoms with van der Waals surface area (Å²) in [6.45, 7) is 8.00. The number of rotatable bonds is 3. The van der Waals surface area contributed by atoms with Crippen LogP contribution in [0.25, 0.3) is 0 Å². The van der Waals surface area contributed by atoms with E-state index in [1.165, 1.54) is 0 Å². The summed E-state index contributed by atoms with van der Waals surface area (Å²) in [5.74, 6) is -0.917. The van der Waals surface area contributed by atoms with Gasteiger partial charge in [0.25, 0.3) is 0 Å². The first-order chi connectivity index (χ1) is 7.39. The maximum Gasteiger partial charge on any atom is 0.340 e. The molecular weight excluding hydrogens is 212 g/mol. The van der Waals surface area contributed by atoms with E-state index in [9.17, 15) is 4.79 Å². The average Bonchev–Trinajstić information content (AvgIpc) is 2.75. The molecule has 0 aliphatic carbocycles. The molecule has 2 aliphatic heterocycles. The van der Waals surface area contributed by atoms with Crippen molar-refractivity contribution in [3.63, 3.8) is 0 Å². The summed E-state index contributed by atoms with van der Waals surface area (Å²) in [4.78, 5) is 11.6. The number of epoxide rings is 1. The van der Waals surface area contributed by atoms with Gasteiger partial charge in [-0.25, -0.2) is 4.79 Å². The lowest BCUT2D eigenvalue weighted by molar-refractivity contribution is -0.149. The van der Waals surface area contributed by atoms with Gasteiger partial charge in [-0.3, -0.25) is 0 Å². The molecule has 0 aromatic heterocycles. The second kappa shape index (κ2) is 3.68. The van der Waals surface area contributed by atoms with Crippen molar-refractivity contribution in [3.05, 3.63) is 0 Å². The van der Waals surface area contributed by atoms with E-state index in [0.29, 0.717) is 13.2 Å². The van der Waals surface area contributed by atoms with Gasteiger partial charge in [0.1, 0.15) is 12.2 Å². The summed E-state index contributed by atoms with van der Waals surface area (Å²) in [6.07, 6.45) is -0.447. The Balaban J connectivity index is 1.93. The molecule has 2 aliphatic rings. The van der Waals surface area contributed by atoms with Crippen molar-refractivity contribution in [1.82, 2.24) is 0 Å². The minimum atomic E-state index is -0.857. The van der Waals surface area contributed by atoms with Crippen molar-refractivity contribution < 1.29 is 23.7 Å². The fraction of sp³-hybridized carbons (Fsp3) is 0.909. The summed E-state index contributed by atoms with van der Waals surface area (Å²) < 4.78 is 21.4. The monoisotopic (exact) mass is 230 g/mol. The first-order valence-electron chi connectivity index (χ1n) is 5.56. The van der Waals surface area contributed by atoms with E-state index >= 15 is 0 Å². The van der Waals surface area contributed by atoms with E-state index in [4.69, 9.17) is 18.9 Å². The van der Waals surface area contributed by atoms with E-state index in [1.54, 1.807) is 13.8 Å². The Morgan fingerprint density at radius 1 is 1.38 bits per heavy atom. The second-order valence-electron chi connectivity index (χ2n) is 4.73. The zero-order valence-corrected chi connectivity index (χ0v) is 10.1. The molecule has 2 fully saturated rings. The first-order valence-corrected chi connectivity index (χ1v) is 5.56. The van der Waals surface area contributed by atoms with E-state index in [0.717, 1.165) is 0 Å². The Bertz CT molecular complexity index is 301. The van der Waals surface area contributed by atoms with Crippen LogP contribution in [0.4, 0.5) is 0 Å².